The Balaban J connectivity index is 1.77. The minimum absolute atomic E-state index is 0.217. The highest BCUT2D eigenvalue weighted by atomic mass is 16.5. The van der Waals surface area contributed by atoms with Gasteiger partial charge in [0.15, 0.2) is 0 Å². The summed E-state index contributed by atoms with van der Waals surface area (Å²) in [7, 11) is 0. The molecule has 20 heavy (non-hydrogen) atoms. The van der Waals surface area contributed by atoms with E-state index in [4.69, 9.17) is 9.84 Å². The molecule has 8 heteroatoms. The maximum atomic E-state index is 12.0. The van der Waals surface area contributed by atoms with Crippen molar-refractivity contribution in [2.24, 2.45) is 0 Å². The van der Waals surface area contributed by atoms with E-state index >= 15 is 0 Å². The maximum absolute atomic E-state index is 12.0. The van der Waals surface area contributed by atoms with Crippen LogP contribution in [0.25, 0.3) is 0 Å². The number of H-pyrrole nitrogens is 1. The van der Waals surface area contributed by atoms with Crippen LogP contribution >= 0.6 is 0 Å². The van der Waals surface area contributed by atoms with Gasteiger partial charge in [0, 0.05) is 12.4 Å². The first-order chi connectivity index (χ1) is 9.39. The van der Waals surface area contributed by atoms with E-state index in [0.717, 1.165) is 0 Å². The molecule has 1 unspecified atom stereocenters. The number of imidazole rings is 1. The number of nitrogens with one attached hydrogen (secondary N) is 2. The molecule has 2 rings (SSSR count). The topological polar surface area (TPSA) is 108 Å². The predicted molar refractivity (Wildman–Crippen MR) is 69.1 cm³/mol. The van der Waals surface area contributed by atoms with Crippen molar-refractivity contribution in [3.63, 3.8) is 0 Å². The van der Waals surface area contributed by atoms with E-state index in [0.29, 0.717) is 18.9 Å². The van der Waals surface area contributed by atoms with E-state index in [1.165, 1.54) is 0 Å². The molecule has 2 amide bonds. The van der Waals surface area contributed by atoms with Crippen LogP contribution < -0.4 is 5.32 Å². The van der Waals surface area contributed by atoms with E-state index < -0.39 is 11.6 Å². The Kier molecular flexibility index (Phi) is 3.93. The number of aromatic nitrogens is 2. The quantitative estimate of drug-likeness (QED) is 0.722. The Labute approximate surface area is 116 Å². The fourth-order valence-corrected chi connectivity index (χ4v) is 2.09. The minimum atomic E-state index is -1.01. The zero-order chi connectivity index (χ0) is 14.8. The molecule has 1 fully saturated rings. The number of carboxylic acids is 1. The number of aliphatic carboxylic acids is 1. The average Bonchev–Trinajstić information content (AvgIpc) is 2.86. The second-order valence-electron chi connectivity index (χ2n) is 5.13. The largest absolute Gasteiger partial charge is 0.480 e. The summed E-state index contributed by atoms with van der Waals surface area (Å²) in [6.07, 6.45) is 3.32. The van der Waals surface area contributed by atoms with Crippen LogP contribution in [0.3, 0.4) is 0 Å². The van der Waals surface area contributed by atoms with Crippen molar-refractivity contribution in [1.29, 1.82) is 0 Å². The van der Waals surface area contributed by atoms with Crippen molar-refractivity contribution in [3.05, 3.63) is 18.2 Å². The summed E-state index contributed by atoms with van der Waals surface area (Å²) in [5.74, 6) is -0.329. The van der Waals surface area contributed by atoms with Gasteiger partial charge in [-0.1, -0.05) is 0 Å². The van der Waals surface area contributed by atoms with E-state index in [1.807, 2.05) is 6.92 Å². The zero-order valence-corrected chi connectivity index (χ0v) is 11.4. The third kappa shape index (κ3) is 3.27. The molecule has 2 heterocycles. The van der Waals surface area contributed by atoms with Gasteiger partial charge in [-0.15, -0.1) is 0 Å². The first-order valence-electron chi connectivity index (χ1n) is 6.30. The predicted octanol–water partition coefficient (Wildman–Crippen LogP) is 0.356. The van der Waals surface area contributed by atoms with Crippen molar-refractivity contribution < 1.29 is 19.4 Å². The summed E-state index contributed by atoms with van der Waals surface area (Å²) < 4.78 is 5.24. The van der Waals surface area contributed by atoms with Crippen molar-refractivity contribution in [2.45, 2.75) is 25.5 Å². The fourth-order valence-electron chi connectivity index (χ4n) is 2.09. The van der Waals surface area contributed by atoms with Gasteiger partial charge in [-0.25, -0.2) is 14.6 Å². The number of hydrogen-bond donors (Lipinski definition) is 3. The minimum Gasteiger partial charge on any atom is -0.480 e. The monoisotopic (exact) mass is 282 g/mol. The Morgan fingerprint density at radius 1 is 1.65 bits per heavy atom. The second-order valence-corrected chi connectivity index (χ2v) is 5.13. The summed E-state index contributed by atoms with van der Waals surface area (Å²) >= 11 is 0. The number of nitrogens with zero attached hydrogens (tertiary/aromatic N) is 2. The van der Waals surface area contributed by atoms with Crippen LogP contribution in [0.5, 0.6) is 0 Å². The number of carbonyl (C=O) groups is 2. The molecule has 1 aromatic rings. The highest BCUT2D eigenvalue weighted by Crippen LogP contribution is 2.25. The molecule has 1 aliphatic rings. The highest BCUT2D eigenvalue weighted by molar-refractivity contribution is 5.76. The normalized spacial score (nSPS) is 18.2. The van der Waals surface area contributed by atoms with E-state index in [-0.39, 0.29) is 18.7 Å². The van der Waals surface area contributed by atoms with Crippen LogP contribution in [0.15, 0.2) is 12.4 Å². The van der Waals surface area contributed by atoms with Gasteiger partial charge in [0.2, 0.25) is 0 Å². The number of urea groups is 1. The molecule has 3 N–H and O–H groups in total. The molecular formula is C12H18N4O4. The third-order valence-corrected chi connectivity index (χ3v) is 3.15. The molecule has 1 saturated heterocycles. The van der Waals surface area contributed by atoms with Crippen LogP contribution in [0.1, 0.15) is 25.7 Å². The number of hydrogen-bond acceptors (Lipinski definition) is 4. The number of ether oxygens (including phenoxy) is 1. The average molecular weight is 282 g/mol. The molecule has 0 radical (unpaired) electrons. The van der Waals surface area contributed by atoms with Gasteiger partial charge in [-0.2, -0.15) is 0 Å². The van der Waals surface area contributed by atoms with Crippen molar-refractivity contribution in [1.82, 2.24) is 20.2 Å². The maximum Gasteiger partial charge on any atom is 0.329 e. The Morgan fingerprint density at radius 2 is 2.35 bits per heavy atom. The van der Waals surface area contributed by atoms with E-state index in [9.17, 15) is 9.59 Å². The molecule has 0 bridgehead atoms. The lowest BCUT2D eigenvalue weighted by molar-refractivity contribution is -0.159. The lowest BCUT2D eigenvalue weighted by Crippen LogP contribution is -2.65. The molecule has 1 atom stereocenters. The molecular weight excluding hydrogens is 264 g/mol. The highest BCUT2D eigenvalue weighted by Gasteiger charge is 2.43. The number of likely N-dealkylation sites (tertiary alicyclic amines) is 1. The Morgan fingerprint density at radius 3 is 2.90 bits per heavy atom. The molecule has 1 aromatic heterocycles. The summed E-state index contributed by atoms with van der Waals surface area (Å²) in [6.45, 7) is 4.01. The molecule has 110 valence electrons. The summed E-state index contributed by atoms with van der Waals surface area (Å²) in [5, 5.41) is 11.4. The molecule has 0 saturated carbocycles. The van der Waals surface area contributed by atoms with Gasteiger partial charge in [-0.05, 0) is 13.8 Å². The van der Waals surface area contributed by atoms with Crippen molar-refractivity contribution >= 4 is 12.0 Å². The number of carboxylic acid groups (broad SMARTS) is 1. The van der Waals surface area contributed by atoms with Crippen LogP contribution in [-0.2, 0) is 9.53 Å². The lowest BCUT2D eigenvalue weighted by Gasteiger charge is -2.47. The smallest absolute Gasteiger partial charge is 0.329 e. The van der Waals surface area contributed by atoms with E-state index in [1.54, 1.807) is 24.2 Å². The van der Waals surface area contributed by atoms with Crippen LogP contribution in [-0.4, -0.2) is 57.3 Å². The van der Waals surface area contributed by atoms with Crippen LogP contribution in [0, 0.1) is 0 Å². The molecule has 0 aliphatic carbocycles. The Hall–Kier alpha value is -2.09. The third-order valence-electron chi connectivity index (χ3n) is 3.15. The molecule has 1 aliphatic heterocycles. The van der Waals surface area contributed by atoms with Gasteiger partial charge in [0.05, 0.1) is 19.1 Å². The number of amides is 2. The van der Waals surface area contributed by atoms with E-state index in [2.05, 4.69) is 15.3 Å². The first kappa shape index (κ1) is 14.3. The van der Waals surface area contributed by atoms with Crippen LogP contribution in [0.4, 0.5) is 4.79 Å². The number of carbonyl (C=O) groups excluding carboxylic acids is 1. The van der Waals surface area contributed by atoms with Crippen LogP contribution in [0.2, 0.25) is 0 Å². The summed E-state index contributed by atoms with van der Waals surface area (Å²) in [4.78, 5) is 31.0. The summed E-state index contributed by atoms with van der Waals surface area (Å²) in [5.41, 5.74) is -0.580. The van der Waals surface area contributed by atoms with Gasteiger partial charge >= 0.3 is 12.0 Å². The zero-order valence-electron chi connectivity index (χ0n) is 11.4. The number of aromatic amines is 1. The van der Waals surface area contributed by atoms with Gasteiger partial charge in [0.25, 0.3) is 0 Å². The molecule has 0 aromatic carbocycles. The molecule has 8 nitrogen and oxygen atoms in total. The molecule has 0 spiro atoms. The SMILES string of the molecule is CC(NC(=O)N1CC(C)(OCC(=O)O)C1)c1ncc[nH]1. The van der Waals surface area contributed by atoms with Crippen molar-refractivity contribution in [2.75, 3.05) is 19.7 Å². The number of rotatable bonds is 5. The standard InChI is InChI=1S/C12H18N4O4/c1-8(10-13-3-4-14-10)15-11(19)16-6-12(2,7-16)20-5-9(17)18/h3-4,8H,5-7H2,1-2H3,(H,13,14)(H,15,19)(H,17,18). The Bertz CT molecular complexity index is 482. The van der Waals surface area contributed by atoms with Crippen molar-refractivity contribution in [3.8, 4) is 0 Å². The lowest BCUT2D eigenvalue weighted by atomic mass is 9.97. The van der Waals surface area contributed by atoms with Gasteiger partial charge in [-0.3, -0.25) is 0 Å². The van der Waals surface area contributed by atoms with Gasteiger partial charge in [0.1, 0.15) is 18.0 Å². The summed E-state index contributed by atoms with van der Waals surface area (Å²) in [6, 6.07) is -0.436. The first-order valence-corrected chi connectivity index (χ1v) is 6.30. The van der Waals surface area contributed by atoms with Gasteiger partial charge < -0.3 is 25.0 Å². The second kappa shape index (κ2) is 5.49. The fraction of sp³-hybridized carbons (Fsp3) is 0.583.